The van der Waals surface area contributed by atoms with Crippen LogP contribution in [0.5, 0.6) is 0 Å². The number of sulfone groups is 1. The standard InChI is InChI=1S/C11H16ClNO3S/c1-8(5-6-16-2)17(14,15)11-7-9(12)3-4-10(11)13/h3-4,7-8H,5-6,13H2,1-2H3. The Hall–Kier alpha value is -0.780. The van der Waals surface area contributed by atoms with E-state index >= 15 is 0 Å². The summed E-state index contributed by atoms with van der Waals surface area (Å²) in [5.41, 5.74) is 5.89. The molecule has 6 heteroatoms. The first-order valence-corrected chi connectivity index (χ1v) is 7.10. The summed E-state index contributed by atoms with van der Waals surface area (Å²) in [5.74, 6) is 0. The highest BCUT2D eigenvalue weighted by Gasteiger charge is 2.25. The number of hydrogen-bond acceptors (Lipinski definition) is 4. The van der Waals surface area contributed by atoms with Crippen molar-refractivity contribution in [3.05, 3.63) is 23.2 Å². The van der Waals surface area contributed by atoms with Crippen molar-refractivity contribution in [2.24, 2.45) is 0 Å². The molecule has 0 aromatic heterocycles. The van der Waals surface area contributed by atoms with E-state index in [9.17, 15) is 8.42 Å². The molecule has 0 aliphatic carbocycles. The zero-order chi connectivity index (χ0) is 13.1. The predicted molar refractivity (Wildman–Crippen MR) is 69.0 cm³/mol. The van der Waals surface area contributed by atoms with Gasteiger partial charge in [-0.1, -0.05) is 11.6 Å². The Labute approximate surface area is 107 Å². The molecule has 0 aliphatic rings. The normalized spacial score (nSPS) is 13.6. The van der Waals surface area contributed by atoms with Gasteiger partial charge in [0.15, 0.2) is 9.84 Å². The number of methoxy groups -OCH3 is 1. The third-order valence-electron chi connectivity index (χ3n) is 2.54. The van der Waals surface area contributed by atoms with Crippen molar-refractivity contribution in [2.45, 2.75) is 23.5 Å². The van der Waals surface area contributed by atoms with Gasteiger partial charge < -0.3 is 10.5 Å². The average Bonchev–Trinajstić information content (AvgIpc) is 2.28. The van der Waals surface area contributed by atoms with Gasteiger partial charge >= 0.3 is 0 Å². The van der Waals surface area contributed by atoms with E-state index in [0.717, 1.165) is 0 Å². The summed E-state index contributed by atoms with van der Waals surface area (Å²) in [7, 11) is -1.92. The van der Waals surface area contributed by atoms with Gasteiger partial charge in [0.05, 0.1) is 15.8 Å². The van der Waals surface area contributed by atoms with Crippen LogP contribution in [0.3, 0.4) is 0 Å². The molecule has 0 amide bonds. The van der Waals surface area contributed by atoms with Crippen LogP contribution in [-0.4, -0.2) is 27.4 Å². The van der Waals surface area contributed by atoms with Crippen molar-refractivity contribution < 1.29 is 13.2 Å². The number of ether oxygens (including phenoxy) is 1. The summed E-state index contributed by atoms with van der Waals surface area (Å²) >= 11 is 5.79. The first kappa shape index (κ1) is 14.3. The maximum absolute atomic E-state index is 12.2. The van der Waals surface area contributed by atoms with Gasteiger partial charge in [0.25, 0.3) is 0 Å². The fourth-order valence-corrected chi connectivity index (χ4v) is 3.17. The van der Waals surface area contributed by atoms with Gasteiger partial charge in [-0.25, -0.2) is 8.42 Å². The van der Waals surface area contributed by atoms with Crippen molar-refractivity contribution in [3.63, 3.8) is 0 Å². The molecule has 0 heterocycles. The second kappa shape index (κ2) is 5.71. The van der Waals surface area contributed by atoms with Gasteiger partial charge in [-0.15, -0.1) is 0 Å². The van der Waals surface area contributed by atoms with Gasteiger partial charge in [-0.2, -0.15) is 0 Å². The number of nitrogens with two attached hydrogens (primary N) is 1. The molecular formula is C11H16ClNO3S. The van der Waals surface area contributed by atoms with Crippen LogP contribution < -0.4 is 5.73 Å². The van der Waals surface area contributed by atoms with E-state index in [2.05, 4.69) is 0 Å². The molecule has 1 aromatic rings. The topological polar surface area (TPSA) is 69.4 Å². The van der Waals surface area contributed by atoms with Crippen molar-refractivity contribution >= 4 is 27.1 Å². The fourth-order valence-electron chi connectivity index (χ4n) is 1.41. The number of benzene rings is 1. The number of halogens is 1. The van der Waals surface area contributed by atoms with Gasteiger partial charge in [-0.05, 0) is 31.5 Å². The first-order chi connectivity index (χ1) is 7.89. The van der Waals surface area contributed by atoms with Crippen molar-refractivity contribution in [3.8, 4) is 0 Å². The Kier molecular flexibility index (Phi) is 4.80. The number of anilines is 1. The van der Waals surface area contributed by atoms with Crippen LogP contribution in [0, 0.1) is 0 Å². The van der Waals surface area contributed by atoms with Crippen LogP contribution in [0.15, 0.2) is 23.1 Å². The molecule has 0 spiro atoms. The molecule has 0 saturated heterocycles. The highest BCUT2D eigenvalue weighted by Crippen LogP contribution is 2.27. The van der Waals surface area contributed by atoms with Gasteiger partial charge in [0.2, 0.25) is 0 Å². The molecule has 96 valence electrons. The third kappa shape index (κ3) is 3.34. The second-order valence-corrected chi connectivity index (χ2v) is 6.59. The third-order valence-corrected chi connectivity index (χ3v) is 5.04. The van der Waals surface area contributed by atoms with E-state index in [-0.39, 0.29) is 10.6 Å². The van der Waals surface area contributed by atoms with Crippen molar-refractivity contribution in [1.82, 2.24) is 0 Å². The highest BCUT2D eigenvalue weighted by molar-refractivity contribution is 7.92. The molecular weight excluding hydrogens is 262 g/mol. The largest absolute Gasteiger partial charge is 0.398 e. The Bertz CT molecular complexity index is 487. The lowest BCUT2D eigenvalue weighted by molar-refractivity contribution is 0.194. The zero-order valence-electron chi connectivity index (χ0n) is 9.81. The minimum Gasteiger partial charge on any atom is -0.398 e. The smallest absolute Gasteiger partial charge is 0.183 e. The fraction of sp³-hybridized carbons (Fsp3) is 0.455. The van der Waals surface area contributed by atoms with Crippen LogP contribution >= 0.6 is 11.6 Å². The van der Waals surface area contributed by atoms with Crippen LogP contribution in [0.2, 0.25) is 5.02 Å². The Balaban J connectivity index is 3.08. The summed E-state index contributed by atoms with van der Waals surface area (Å²) in [5, 5.41) is -0.195. The molecule has 0 saturated carbocycles. The van der Waals surface area contributed by atoms with Crippen LogP contribution in [-0.2, 0) is 14.6 Å². The molecule has 0 fully saturated rings. The summed E-state index contributed by atoms with van der Waals surface area (Å²) in [6.45, 7) is 2.02. The minimum atomic E-state index is -3.45. The molecule has 0 aliphatic heterocycles. The van der Waals surface area contributed by atoms with E-state index in [0.29, 0.717) is 18.1 Å². The van der Waals surface area contributed by atoms with Crippen molar-refractivity contribution in [1.29, 1.82) is 0 Å². The predicted octanol–water partition coefficient (Wildman–Crippen LogP) is 2.12. The number of nitrogen functional groups attached to an aromatic ring is 1. The Morgan fingerprint density at radius 1 is 1.47 bits per heavy atom. The lowest BCUT2D eigenvalue weighted by atomic mass is 10.3. The van der Waals surface area contributed by atoms with Crippen LogP contribution in [0.1, 0.15) is 13.3 Å². The molecule has 2 N–H and O–H groups in total. The quantitative estimate of drug-likeness (QED) is 0.837. The second-order valence-electron chi connectivity index (χ2n) is 3.82. The summed E-state index contributed by atoms with van der Waals surface area (Å²) < 4.78 is 29.3. The van der Waals surface area contributed by atoms with Gasteiger partial charge in [-0.3, -0.25) is 0 Å². The van der Waals surface area contributed by atoms with E-state index < -0.39 is 15.1 Å². The molecule has 0 radical (unpaired) electrons. The lowest BCUT2D eigenvalue weighted by Crippen LogP contribution is -2.20. The van der Waals surface area contributed by atoms with E-state index in [4.69, 9.17) is 22.1 Å². The van der Waals surface area contributed by atoms with E-state index in [1.54, 1.807) is 13.0 Å². The molecule has 1 aromatic carbocycles. The highest BCUT2D eigenvalue weighted by atomic mass is 35.5. The summed E-state index contributed by atoms with van der Waals surface area (Å²) in [6.07, 6.45) is 0.421. The monoisotopic (exact) mass is 277 g/mol. The maximum Gasteiger partial charge on any atom is 0.183 e. The first-order valence-electron chi connectivity index (χ1n) is 5.17. The van der Waals surface area contributed by atoms with Gasteiger partial charge in [0.1, 0.15) is 0 Å². The van der Waals surface area contributed by atoms with Crippen molar-refractivity contribution in [2.75, 3.05) is 19.5 Å². The summed E-state index contributed by atoms with van der Waals surface area (Å²) in [4.78, 5) is 0.0913. The molecule has 1 unspecified atom stereocenters. The molecule has 0 bridgehead atoms. The Morgan fingerprint density at radius 3 is 2.71 bits per heavy atom. The summed E-state index contributed by atoms with van der Waals surface area (Å²) in [6, 6.07) is 4.45. The molecule has 4 nitrogen and oxygen atoms in total. The van der Waals surface area contributed by atoms with Gasteiger partial charge in [0, 0.05) is 18.7 Å². The van der Waals surface area contributed by atoms with Crippen LogP contribution in [0.4, 0.5) is 5.69 Å². The number of hydrogen-bond donors (Lipinski definition) is 1. The lowest BCUT2D eigenvalue weighted by Gasteiger charge is -2.14. The number of rotatable bonds is 5. The van der Waals surface area contributed by atoms with E-state index in [1.165, 1.54) is 19.2 Å². The molecule has 1 rings (SSSR count). The maximum atomic E-state index is 12.2. The zero-order valence-corrected chi connectivity index (χ0v) is 11.4. The van der Waals surface area contributed by atoms with E-state index in [1.807, 2.05) is 0 Å². The minimum absolute atomic E-state index is 0.0913. The molecule has 1 atom stereocenters. The Morgan fingerprint density at radius 2 is 2.12 bits per heavy atom. The average molecular weight is 278 g/mol. The van der Waals surface area contributed by atoms with Crippen LogP contribution in [0.25, 0.3) is 0 Å². The SMILES string of the molecule is COCCC(C)S(=O)(=O)c1cc(Cl)ccc1N. The molecule has 17 heavy (non-hydrogen) atoms.